The maximum absolute atomic E-state index is 12.0. The fourth-order valence-electron chi connectivity index (χ4n) is 1.75. The van der Waals surface area contributed by atoms with E-state index in [2.05, 4.69) is 14.9 Å². The molecule has 0 aliphatic heterocycles. The molecule has 2 aromatic rings. The number of aryl methyl sites for hydroxylation is 1. The third kappa shape index (κ3) is 4.38. The first-order valence-corrected chi connectivity index (χ1v) is 8.16. The van der Waals surface area contributed by atoms with Gasteiger partial charge in [-0.3, -0.25) is 9.82 Å². The lowest BCUT2D eigenvalue weighted by Crippen LogP contribution is -2.22. The molecule has 0 atom stereocenters. The molecule has 0 fully saturated rings. The van der Waals surface area contributed by atoms with Crippen LogP contribution in [0.5, 0.6) is 5.75 Å². The van der Waals surface area contributed by atoms with Gasteiger partial charge in [-0.1, -0.05) is 13.0 Å². The Morgan fingerprint density at radius 2 is 2.24 bits per heavy atom. The normalized spacial score (nSPS) is 11.3. The van der Waals surface area contributed by atoms with E-state index < -0.39 is 10.0 Å². The highest BCUT2D eigenvalue weighted by atomic mass is 32.2. The third-order valence-corrected chi connectivity index (χ3v) is 4.05. The smallest absolute Gasteiger partial charge is 0.237 e. The van der Waals surface area contributed by atoms with Crippen LogP contribution in [0.3, 0.4) is 0 Å². The van der Waals surface area contributed by atoms with Crippen LogP contribution in [0.25, 0.3) is 0 Å². The molecule has 0 aliphatic rings. The van der Waals surface area contributed by atoms with E-state index in [0.717, 1.165) is 5.56 Å². The summed E-state index contributed by atoms with van der Waals surface area (Å²) in [7, 11) is -3.49. The number of aromatic nitrogens is 2. The van der Waals surface area contributed by atoms with Crippen LogP contribution in [0.4, 0.5) is 11.5 Å². The Morgan fingerprint density at radius 3 is 2.95 bits per heavy atom. The molecular formula is C13H18N4O3S. The molecule has 1 heterocycles. The number of nitrogens with zero attached hydrogens (tertiary/aromatic N) is 1. The molecule has 21 heavy (non-hydrogen) atoms. The van der Waals surface area contributed by atoms with Crippen LogP contribution in [0.1, 0.15) is 12.5 Å². The predicted octanol–water partition coefficient (Wildman–Crippen LogP) is 1.37. The molecule has 0 spiro atoms. The van der Waals surface area contributed by atoms with Crippen molar-refractivity contribution in [3.63, 3.8) is 0 Å². The van der Waals surface area contributed by atoms with E-state index in [-0.39, 0.29) is 12.4 Å². The van der Waals surface area contributed by atoms with Crippen molar-refractivity contribution in [2.75, 3.05) is 22.8 Å². The lowest BCUT2D eigenvalue weighted by atomic mass is 10.3. The fraction of sp³-hybridized carbons (Fsp3) is 0.308. The molecule has 4 N–H and O–H groups in total. The zero-order valence-electron chi connectivity index (χ0n) is 11.7. The third-order valence-electron chi connectivity index (χ3n) is 2.84. The second-order valence-electron chi connectivity index (χ2n) is 4.47. The zero-order valence-corrected chi connectivity index (χ0v) is 12.5. The minimum atomic E-state index is -3.49. The van der Waals surface area contributed by atoms with E-state index in [9.17, 15) is 8.42 Å². The first-order valence-electron chi connectivity index (χ1n) is 6.51. The van der Waals surface area contributed by atoms with Crippen LogP contribution >= 0.6 is 0 Å². The molecule has 2 rings (SSSR count). The van der Waals surface area contributed by atoms with Gasteiger partial charge < -0.3 is 10.5 Å². The lowest BCUT2D eigenvalue weighted by Gasteiger charge is -2.09. The highest BCUT2D eigenvalue weighted by Gasteiger charge is 2.14. The summed E-state index contributed by atoms with van der Waals surface area (Å²) < 4.78 is 31.8. The molecule has 0 radical (unpaired) electrons. The van der Waals surface area contributed by atoms with Gasteiger partial charge in [-0.15, -0.1) is 0 Å². The summed E-state index contributed by atoms with van der Waals surface area (Å²) in [4.78, 5) is 0. The first-order chi connectivity index (χ1) is 10.00. The van der Waals surface area contributed by atoms with Crippen LogP contribution in [0, 0.1) is 0 Å². The van der Waals surface area contributed by atoms with Crippen molar-refractivity contribution >= 4 is 21.5 Å². The number of anilines is 2. The highest BCUT2D eigenvalue weighted by molar-refractivity contribution is 7.92. The van der Waals surface area contributed by atoms with Gasteiger partial charge in [0.25, 0.3) is 0 Å². The molecule has 0 saturated carbocycles. The van der Waals surface area contributed by atoms with E-state index in [1.807, 2.05) is 6.92 Å². The van der Waals surface area contributed by atoms with Crippen LogP contribution in [0.15, 0.2) is 30.5 Å². The maximum Gasteiger partial charge on any atom is 0.237 e. The lowest BCUT2D eigenvalue weighted by molar-refractivity contribution is 0.341. The summed E-state index contributed by atoms with van der Waals surface area (Å²) >= 11 is 0. The summed E-state index contributed by atoms with van der Waals surface area (Å²) in [5, 5.41) is 6.45. The molecule has 1 aromatic carbocycles. The number of nitrogens with two attached hydrogens (primary N) is 1. The van der Waals surface area contributed by atoms with Crippen LogP contribution in [-0.2, 0) is 16.4 Å². The van der Waals surface area contributed by atoms with Crippen molar-refractivity contribution in [2.24, 2.45) is 0 Å². The van der Waals surface area contributed by atoms with Crippen LogP contribution in [0.2, 0.25) is 0 Å². The molecule has 0 amide bonds. The quantitative estimate of drug-likeness (QED) is 0.669. The Kier molecular flexibility index (Phi) is 4.69. The number of H-pyrrole nitrogens is 1. The van der Waals surface area contributed by atoms with E-state index >= 15 is 0 Å². The number of nitrogen functional groups attached to an aromatic ring is 1. The fourth-order valence-corrected chi connectivity index (χ4v) is 2.64. The van der Waals surface area contributed by atoms with Crippen molar-refractivity contribution < 1.29 is 13.2 Å². The van der Waals surface area contributed by atoms with Crippen LogP contribution in [-0.4, -0.2) is 31.0 Å². The van der Waals surface area contributed by atoms with Crippen molar-refractivity contribution in [3.8, 4) is 5.75 Å². The summed E-state index contributed by atoms with van der Waals surface area (Å²) in [6.07, 6.45) is 2.29. The summed E-state index contributed by atoms with van der Waals surface area (Å²) in [6, 6.07) is 6.84. The Morgan fingerprint density at radius 1 is 1.43 bits per heavy atom. The topological polar surface area (TPSA) is 110 Å². The number of aromatic amines is 1. The number of benzene rings is 1. The van der Waals surface area contributed by atoms with E-state index in [1.54, 1.807) is 30.5 Å². The summed E-state index contributed by atoms with van der Waals surface area (Å²) in [5.41, 5.74) is 7.00. The van der Waals surface area contributed by atoms with Crippen LogP contribution < -0.4 is 15.2 Å². The zero-order chi connectivity index (χ0) is 15.3. The number of ether oxygens (including phenoxy) is 1. The largest absolute Gasteiger partial charge is 0.492 e. The van der Waals surface area contributed by atoms with Gasteiger partial charge in [-0.25, -0.2) is 8.42 Å². The van der Waals surface area contributed by atoms with Gasteiger partial charge in [0, 0.05) is 17.3 Å². The Hall–Kier alpha value is -2.22. The van der Waals surface area contributed by atoms with E-state index in [0.29, 0.717) is 23.7 Å². The minimum absolute atomic E-state index is 0.0361. The number of rotatable bonds is 7. The van der Waals surface area contributed by atoms with Gasteiger partial charge in [0.05, 0.1) is 6.20 Å². The Labute approximate surface area is 123 Å². The molecule has 7 nitrogen and oxygen atoms in total. The molecular weight excluding hydrogens is 292 g/mol. The molecule has 0 aliphatic carbocycles. The number of hydrogen-bond donors (Lipinski definition) is 3. The predicted molar refractivity (Wildman–Crippen MR) is 81.7 cm³/mol. The van der Waals surface area contributed by atoms with Gasteiger partial charge in [0.1, 0.15) is 23.9 Å². The molecule has 1 aromatic heterocycles. The second kappa shape index (κ2) is 6.49. The molecule has 0 unspecified atom stereocenters. The number of sulfonamides is 1. The molecule has 8 heteroatoms. The van der Waals surface area contributed by atoms with E-state index in [1.165, 1.54) is 0 Å². The van der Waals surface area contributed by atoms with Crippen molar-refractivity contribution in [3.05, 3.63) is 36.0 Å². The van der Waals surface area contributed by atoms with Gasteiger partial charge in [0.2, 0.25) is 10.0 Å². The molecule has 0 bridgehead atoms. The standard InChI is InChI=1S/C13H18N4O3S/c1-2-10-9-15-16-13(10)17-21(18,19)7-6-20-12-5-3-4-11(14)8-12/h3-5,8-9H,2,6-7,14H2,1H3,(H2,15,16,17). The summed E-state index contributed by atoms with van der Waals surface area (Å²) in [5.74, 6) is 0.784. The van der Waals surface area contributed by atoms with Gasteiger partial charge in [0.15, 0.2) is 0 Å². The molecule has 0 saturated heterocycles. The summed E-state index contributed by atoms with van der Waals surface area (Å²) in [6.45, 7) is 1.96. The van der Waals surface area contributed by atoms with Gasteiger partial charge in [-0.2, -0.15) is 5.10 Å². The average Bonchev–Trinajstić information content (AvgIpc) is 2.85. The second-order valence-corrected chi connectivity index (χ2v) is 6.31. The number of hydrogen-bond acceptors (Lipinski definition) is 5. The van der Waals surface area contributed by atoms with Crippen molar-refractivity contribution in [1.29, 1.82) is 0 Å². The van der Waals surface area contributed by atoms with Crippen molar-refractivity contribution in [1.82, 2.24) is 10.2 Å². The van der Waals surface area contributed by atoms with E-state index in [4.69, 9.17) is 10.5 Å². The number of nitrogens with one attached hydrogen (secondary N) is 2. The first kappa shape index (κ1) is 15.2. The molecule has 114 valence electrons. The Balaban J connectivity index is 1.90. The maximum atomic E-state index is 12.0. The van der Waals surface area contributed by atoms with Crippen molar-refractivity contribution in [2.45, 2.75) is 13.3 Å². The average molecular weight is 310 g/mol. The SMILES string of the molecule is CCc1cn[nH]c1NS(=O)(=O)CCOc1cccc(N)c1. The minimum Gasteiger partial charge on any atom is -0.492 e. The van der Waals surface area contributed by atoms with Gasteiger partial charge >= 0.3 is 0 Å². The highest BCUT2D eigenvalue weighted by Crippen LogP contribution is 2.15. The monoisotopic (exact) mass is 310 g/mol. The Bertz CT molecular complexity index is 697. The van der Waals surface area contributed by atoms with Gasteiger partial charge in [-0.05, 0) is 18.6 Å².